The molecule has 2 aliphatic carbocycles. The number of benzene rings is 1. The topological polar surface area (TPSA) is 104 Å². The van der Waals surface area contributed by atoms with Crippen LogP contribution in [-0.2, 0) is 6.42 Å². The van der Waals surface area contributed by atoms with Crippen molar-refractivity contribution < 1.29 is 9.90 Å². The molecular formula is C22H32N4O2. The highest BCUT2D eigenvalue weighted by molar-refractivity contribution is 6.06. The Balaban J connectivity index is 1.47. The fourth-order valence-electron chi connectivity index (χ4n) is 4.92. The lowest BCUT2D eigenvalue weighted by Gasteiger charge is -2.26. The number of phenolic OH excluding ortho intramolecular Hbond substituents is 1. The normalized spacial score (nSPS) is 27.9. The predicted octanol–water partition coefficient (Wildman–Crippen LogP) is 3.49. The second-order valence-corrected chi connectivity index (χ2v) is 9.02. The average molecular weight is 385 g/mol. The van der Waals surface area contributed by atoms with Crippen LogP contribution in [0.15, 0.2) is 12.1 Å². The van der Waals surface area contributed by atoms with Crippen molar-refractivity contribution in [2.24, 2.45) is 23.5 Å². The number of nitrogens with zero attached hydrogens (tertiary/aromatic N) is 1. The summed E-state index contributed by atoms with van der Waals surface area (Å²) in [7, 11) is 0. The predicted molar refractivity (Wildman–Crippen MR) is 110 cm³/mol. The summed E-state index contributed by atoms with van der Waals surface area (Å²) in [6, 6.07) is 3.57. The molecule has 4 rings (SSSR count). The van der Waals surface area contributed by atoms with Gasteiger partial charge in [-0.3, -0.25) is 4.79 Å². The molecule has 152 valence electrons. The maximum atomic E-state index is 12.8. The SMILES string of the molecule is CC1CCC(Cc2nc3c(C(=O)NCC4CCC(N)CC4)ccc(O)c3[nH]2)C1. The number of imidazole rings is 1. The van der Waals surface area contributed by atoms with Gasteiger partial charge >= 0.3 is 0 Å². The molecule has 0 spiro atoms. The van der Waals surface area contributed by atoms with Crippen molar-refractivity contribution >= 4 is 16.9 Å². The summed E-state index contributed by atoms with van der Waals surface area (Å²) in [5, 5.41) is 13.3. The molecule has 6 nitrogen and oxygen atoms in total. The smallest absolute Gasteiger partial charge is 0.253 e. The Hall–Kier alpha value is -2.08. The lowest BCUT2D eigenvalue weighted by atomic mass is 9.86. The second-order valence-electron chi connectivity index (χ2n) is 9.02. The van der Waals surface area contributed by atoms with Gasteiger partial charge in [-0.15, -0.1) is 0 Å². The first kappa shape index (κ1) is 19.2. The number of nitrogens with two attached hydrogens (primary N) is 1. The maximum absolute atomic E-state index is 12.8. The van der Waals surface area contributed by atoms with Crippen LogP contribution in [0.2, 0.25) is 0 Å². The molecule has 0 radical (unpaired) electrons. The number of H-pyrrole nitrogens is 1. The van der Waals surface area contributed by atoms with Gasteiger partial charge in [0.2, 0.25) is 0 Å². The highest BCUT2D eigenvalue weighted by Gasteiger charge is 2.24. The number of carbonyl (C=O) groups is 1. The molecular weight excluding hydrogens is 352 g/mol. The Kier molecular flexibility index (Phi) is 5.58. The molecule has 28 heavy (non-hydrogen) atoms. The van der Waals surface area contributed by atoms with Crippen LogP contribution >= 0.6 is 0 Å². The lowest BCUT2D eigenvalue weighted by molar-refractivity contribution is 0.0944. The number of nitrogens with one attached hydrogen (secondary N) is 2. The van der Waals surface area contributed by atoms with Crippen LogP contribution in [0.25, 0.3) is 11.0 Å². The summed E-state index contributed by atoms with van der Waals surface area (Å²) in [6.07, 6.45) is 8.80. The molecule has 2 aromatic rings. The summed E-state index contributed by atoms with van der Waals surface area (Å²) in [5.74, 6) is 2.80. The first-order valence-electron chi connectivity index (χ1n) is 10.7. The average Bonchev–Trinajstić information content (AvgIpc) is 3.28. The van der Waals surface area contributed by atoms with E-state index in [1.54, 1.807) is 12.1 Å². The number of amides is 1. The monoisotopic (exact) mass is 384 g/mol. The zero-order chi connectivity index (χ0) is 19.7. The van der Waals surface area contributed by atoms with Gasteiger partial charge in [0.1, 0.15) is 22.6 Å². The minimum atomic E-state index is -0.118. The van der Waals surface area contributed by atoms with Gasteiger partial charge in [0, 0.05) is 19.0 Å². The summed E-state index contributed by atoms with van der Waals surface area (Å²) in [4.78, 5) is 20.8. The van der Waals surface area contributed by atoms with Crippen molar-refractivity contribution in [2.45, 2.75) is 64.3 Å². The number of aromatic nitrogens is 2. The first-order chi connectivity index (χ1) is 13.5. The van der Waals surface area contributed by atoms with E-state index < -0.39 is 0 Å². The molecule has 1 aromatic heterocycles. The van der Waals surface area contributed by atoms with Crippen molar-refractivity contribution in [3.8, 4) is 5.75 Å². The quantitative estimate of drug-likeness (QED) is 0.633. The van der Waals surface area contributed by atoms with Gasteiger partial charge in [0.25, 0.3) is 5.91 Å². The highest BCUT2D eigenvalue weighted by Crippen LogP contribution is 2.33. The molecule has 1 heterocycles. The maximum Gasteiger partial charge on any atom is 0.253 e. The molecule has 6 heteroatoms. The first-order valence-corrected chi connectivity index (χ1v) is 10.7. The van der Waals surface area contributed by atoms with Crippen molar-refractivity contribution in [3.63, 3.8) is 0 Å². The van der Waals surface area contributed by atoms with Crippen LogP contribution in [-0.4, -0.2) is 33.6 Å². The Morgan fingerprint density at radius 2 is 1.96 bits per heavy atom. The van der Waals surface area contributed by atoms with Crippen molar-refractivity contribution in [2.75, 3.05) is 6.54 Å². The Labute approximate surface area is 166 Å². The van der Waals surface area contributed by atoms with E-state index in [4.69, 9.17) is 10.7 Å². The summed E-state index contributed by atoms with van der Waals surface area (Å²) in [6.45, 7) is 2.97. The summed E-state index contributed by atoms with van der Waals surface area (Å²) >= 11 is 0. The molecule has 2 unspecified atom stereocenters. The number of aromatic amines is 1. The molecule has 0 bridgehead atoms. The van der Waals surface area contributed by atoms with Gasteiger partial charge in [-0.25, -0.2) is 4.98 Å². The van der Waals surface area contributed by atoms with Crippen LogP contribution < -0.4 is 11.1 Å². The van der Waals surface area contributed by atoms with E-state index in [0.29, 0.717) is 41.0 Å². The van der Waals surface area contributed by atoms with Gasteiger partial charge in [-0.05, 0) is 68.4 Å². The summed E-state index contributed by atoms with van der Waals surface area (Å²) in [5.41, 5.74) is 7.64. The largest absolute Gasteiger partial charge is 0.506 e. The van der Waals surface area contributed by atoms with Gasteiger partial charge < -0.3 is 21.1 Å². The third-order valence-corrected chi connectivity index (χ3v) is 6.64. The molecule has 5 N–H and O–H groups in total. The van der Waals surface area contributed by atoms with E-state index in [-0.39, 0.29) is 11.7 Å². The van der Waals surface area contributed by atoms with Gasteiger partial charge in [0.05, 0.1) is 5.56 Å². The number of rotatable bonds is 5. The minimum Gasteiger partial charge on any atom is -0.506 e. The van der Waals surface area contributed by atoms with Crippen LogP contribution in [0, 0.1) is 17.8 Å². The standard InChI is InChI=1S/C22H32N4O2/c1-13-2-3-15(10-13)11-19-25-20-17(8-9-18(27)21(20)26-19)22(28)24-12-14-4-6-16(23)7-5-14/h8-9,13-16,27H,2-7,10-12,23H2,1H3,(H,24,28)(H,25,26). The van der Waals surface area contributed by atoms with E-state index in [2.05, 4.69) is 17.2 Å². The third-order valence-electron chi connectivity index (χ3n) is 6.64. The van der Waals surface area contributed by atoms with E-state index in [0.717, 1.165) is 43.8 Å². The van der Waals surface area contributed by atoms with E-state index in [1.807, 2.05) is 0 Å². The lowest BCUT2D eigenvalue weighted by Crippen LogP contribution is -2.34. The highest BCUT2D eigenvalue weighted by atomic mass is 16.3. The molecule has 2 atom stereocenters. The Morgan fingerprint density at radius 3 is 2.68 bits per heavy atom. The molecule has 0 aliphatic heterocycles. The van der Waals surface area contributed by atoms with Gasteiger partial charge in [0.15, 0.2) is 0 Å². The number of hydrogen-bond donors (Lipinski definition) is 4. The second kappa shape index (κ2) is 8.11. The van der Waals surface area contributed by atoms with E-state index in [1.165, 1.54) is 19.3 Å². The number of phenols is 1. The zero-order valence-electron chi connectivity index (χ0n) is 16.7. The third kappa shape index (κ3) is 4.17. The molecule has 1 aromatic carbocycles. The summed E-state index contributed by atoms with van der Waals surface area (Å²) < 4.78 is 0. The number of fused-ring (bicyclic) bond motifs is 1. The zero-order valence-corrected chi connectivity index (χ0v) is 16.7. The van der Waals surface area contributed by atoms with Crippen molar-refractivity contribution in [1.82, 2.24) is 15.3 Å². The van der Waals surface area contributed by atoms with Gasteiger partial charge in [-0.2, -0.15) is 0 Å². The van der Waals surface area contributed by atoms with Gasteiger partial charge in [-0.1, -0.05) is 13.3 Å². The molecule has 2 saturated carbocycles. The molecule has 1 amide bonds. The van der Waals surface area contributed by atoms with Crippen LogP contribution in [0.4, 0.5) is 0 Å². The van der Waals surface area contributed by atoms with Crippen LogP contribution in [0.3, 0.4) is 0 Å². The van der Waals surface area contributed by atoms with Crippen LogP contribution in [0.5, 0.6) is 5.75 Å². The fourth-order valence-corrected chi connectivity index (χ4v) is 4.92. The minimum absolute atomic E-state index is 0.118. The number of hydrogen-bond acceptors (Lipinski definition) is 4. The van der Waals surface area contributed by atoms with Crippen molar-refractivity contribution in [1.29, 1.82) is 0 Å². The van der Waals surface area contributed by atoms with E-state index in [9.17, 15) is 9.90 Å². The molecule has 2 fully saturated rings. The van der Waals surface area contributed by atoms with E-state index >= 15 is 0 Å². The molecule has 0 saturated heterocycles. The molecule has 2 aliphatic rings. The Bertz CT molecular complexity index is 838. The van der Waals surface area contributed by atoms with Crippen LogP contribution in [0.1, 0.15) is 68.1 Å². The number of aromatic hydroxyl groups is 1. The fraction of sp³-hybridized carbons (Fsp3) is 0.636. The number of carbonyl (C=O) groups excluding carboxylic acids is 1. The Morgan fingerprint density at radius 1 is 1.21 bits per heavy atom. The van der Waals surface area contributed by atoms with Crippen molar-refractivity contribution in [3.05, 3.63) is 23.5 Å².